The van der Waals surface area contributed by atoms with Gasteiger partial charge in [-0.2, -0.15) is 13.2 Å². The molecule has 2 nitrogen and oxygen atoms in total. The molecule has 2 aromatic rings. The zero-order valence-electron chi connectivity index (χ0n) is 20.2. The number of ether oxygens (including phenoxy) is 2. The number of benzene rings is 2. The molecule has 34 heavy (non-hydrogen) atoms. The zero-order chi connectivity index (χ0) is 24.6. The molecule has 0 heterocycles. The molecule has 6 heteroatoms. The highest BCUT2D eigenvalue weighted by Gasteiger charge is 2.32. The van der Waals surface area contributed by atoms with Crippen molar-refractivity contribution in [2.45, 2.75) is 90.1 Å². The highest BCUT2D eigenvalue weighted by molar-refractivity contribution is 5.32. The van der Waals surface area contributed by atoms with E-state index in [9.17, 15) is 17.6 Å². The van der Waals surface area contributed by atoms with Gasteiger partial charge in [-0.15, -0.1) is 0 Å². The van der Waals surface area contributed by atoms with Crippen molar-refractivity contribution >= 4 is 0 Å². The largest absolute Gasteiger partial charge is 0.490 e. The second kappa shape index (κ2) is 12.5. The number of aryl methyl sites for hydroxylation is 1. The number of unbranched alkanes of at least 4 members (excludes halogenated alkanes) is 1. The van der Waals surface area contributed by atoms with E-state index in [1.807, 2.05) is 19.1 Å². The summed E-state index contributed by atoms with van der Waals surface area (Å²) in [6.45, 7) is 4.45. The van der Waals surface area contributed by atoms with Crippen molar-refractivity contribution in [3.05, 3.63) is 59.2 Å². The highest BCUT2D eigenvalue weighted by atomic mass is 19.3. The maximum absolute atomic E-state index is 14.4. The topological polar surface area (TPSA) is 18.5 Å². The van der Waals surface area contributed by atoms with Gasteiger partial charge in [-0.3, -0.25) is 0 Å². The van der Waals surface area contributed by atoms with Gasteiger partial charge in [0.25, 0.3) is 0 Å². The van der Waals surface area contributed by atoms with Crippen LogP contribution in [-0.2, 0) is 6.42 Å². The van der Waals surface area contributed by atoms with Crippen LogP contribution in [0.25, 0.3) is 0 Å². The maximum Gasteiger partial charge on any atom is 0.398 e. The first kappa shape index (κ1) is 26.4. The van der Waals surface area contributed by atoms with E-state index in [0.717, 1.165) is 30.7 Å². The van der Waals surface area contributed by atoms with Crippen LogP contribution in [0.4, 0.5) is 17.6 Å². The summed E-state index contributed by atoms with van der Waals surface area (Å²) in [4.78, 5) is 0. The van der Waals surface area contributed by atoms with Crippen LogP contribution >= 0.6 is 0 Å². The van der Waals surface area contributed by atoms with Crippen molar-refractivity contribution in [2.75, 3.05) is 6.61 Å². The van der Waals surface area contributed by atoms with Crippen LogP contribution in [0.15, 0.2) is 36.4 Å². The van der Waals surface area contributed by atoms with Crippen LogP contribution in [-0.4, -0.2) is 12.7 Å². The van der Waals surface area contributed by atoms with E-state index in [1.165, 1.54) is 37.8 Å². The Morgan fingerprint density at radius 2 is 1.59 bits per heavy atom. The van der Waals surface area contributed by atoms with E-state index in [1.54, 1.807) is 12.1 Å². The Bertz CT molecular complexity index is 890. The Morgan fingerprint density at radius 1 is 0.882 bits per heavy atom. The fourth-order valence-electron chi connectivity index (χ4n) is 4.71. The van der Waals surface area contributed by atoms with Crippen LogP contribution in [0.2, 0.25) is 0 Å². The van der Waals surface area contributed by atoms with Crippen molar-refractivity contribution in [1.82, 2.24) is 0 Å². The minimum absolute atomic E-state index is 0.0692. The monoisotopic (exact) mass is 480 g/mol. The average molecular weight is 481 g/mol. The van der Waals surface area contributed by atoms with E-state index in [2.05, 4.69) is 6.92 Å². The third kappa shape index (κ3) is 7.38. The van der Waals surface area contributed by atoms with Gasteiger partial charge in [0.15, 0.2) is 11.6 Å². The smallest absolute Gasteiger partial charge is 0.398 e. The van der Waals surface area contributed by atoms with Crippen molar-refractivity contribution in [3.8, 4) is 11.5 Å². The van der Waals surface area contributed by atoms with Crippen LogP contribution in [0.5, 0.6) is 11.5 Å². The van der Waals surface area contributed by atoms with Gasteiger partial charge in [0.2, 0.25) is 5.82 Å². The lowest BCUT2D eigenvalue weighted by molar-refractivity contribution is -0.180. The summed E-state index contributed by atoms with van der Waals surface area (Å²) in [5, 5.41) is 0. The lowest BCUT2D eigenvalue weighted by atomic mass is 9.77. The molecular formula is C28H36F4O2. The summed E-state index contributed by atoms with van der Waals surface area (Å²) in [5.41, 5.74) is 1.03. The maximum atomic E-state index is 14.4. The number of rotatable bonds is 12. The summed E-state index contributed by atoms with van der Waals surface area (Å²) in [7, 11) is 0. The van der Waals surface area contributed by atoms with Gasteiger partial charge >= 0.3 is 6.11 Å². The summed E-state index contributed by atoms with van der Waals surface area (Å²) in [6.07, 6.45) is 4.16. The van der Waals surface area contributed by atoms with Gasteiger partial charge in [0.1, 0.15) is 5.75 Å². The third-order valence-corrected chi connectivity index (χ3v) is 6.73. The molecule has 0 bridgehead atoms. The molecule has 3 rings (SSSR count). The average Bonchev–Trinajstić information content (AvgIpc) is 2.82. The third-order valence-electron chi connectivity index (χ3n) is 6.73. The van der Waals surface area contributed by atoms with Gasteiger partial charge in [0.05, 0.1) is 13.0 Å². The van der Waals surface area contributed by atoms with E-state index < -0.39 is 24.2 Å². The second-order valence-electron chi connectivity index (χ2n) is 9.37. The Morgan fingerprint density at radius 3 is 2.24 bits per heavy atom. The minimum atomic E-state index is -3.50. The number of halogens is 4. The number of hydrogen-bond acceptors (Lipinski definition) is 2. The van der Waals surface area contributed by atoms with Crippen LogP contribution in [0.1, 0.15) is 88.7 Å². The van der Waals surface area contributed by atoms with Gasteiger partial charge in [0, 0.05) is 0 Å². The van der Waals surface area contributed by atoms with Crippen LogP contribution in [0.3, 0.4) is 0 Å². The van der Waals surface area contributed by atoms with Crippen molar-refractivity contribution in [1.29, 1.82) is 0 Å². The molecule has 188 valence electrons. The van der Waals surface area contributed by atoms with Crippen molar-refractivity contribution in [3.63, 3.8) is 0 Å². The Hall–Kier alpha value is -2.24. The molecule has 0 aliphatic heterocycles. The summed E-state index contributed by atoms with van der Waals surface area (Å²) < 4.78 is 67.5. The standard InChI is InChI=1S/C28H36F4O2/c1-3-5-19-33-25-16-13-23(26(29)27(25)30)17-18-28(31,32)34-24-14-11-22(12-15-24)21-9-7-20(6-4-2)8-10-21/h11-16,20-21H,3-10,17-19H2,1-2H3. The van der Waals surface area contributed by atoms with Gasteiger partial charge in [-0.1, -0.05) is 51.3 Å². The van der Waals surface area contributed by atoms with Crippen molar-refractivity contribution in [2.24, 2.45) is 5.92 Å². The van der Waals surface area contributed by atoms with Gasteiger partial charge < -0.3 is 9.47 Å². The van der Waals surface area contributed by atoms with E-state index in [0.29, 0.717) is 12.3 Å². The Kier molecular flexibility index (Phi) is 9.66. The fraction of sp³-hybridized carbons (Fsp3) is 0.571. The first-order valence-electron chi connectivity index (χ1n) is 12.6. The highest BCUT2D eigenvalue weighted by Crippen LogP contribution is 2.38. The molecular weight excluding hydrogens is 444 g/mol. The minimum Gasteiger partial charge on any atom is -0.490 e. The van der Waals surface area contributed by atoms with Gasteiger partial charge in [-0.05, 0) is 79.7 Å². The lowest BCUT2D eigenvalue weighted by Gasteiger charge is -2.28. The quantitative estimate of drug-likeness (QED) is 0.223. The van der Waals surface area contributed by atoms with Crippen LogP contribution in [0, 0.1) is 17.6 Å². The second-order valence-corrected chi connectivity index (χ2v) is 9.37. The molecule has 0 saturated heterocycles. The molecule has 1 aliphatic carbocycles. The molecule has 1 saturated carbocycles. The predicted molar refractivity (Wildman–Crippen MR) is 127 cm³/mol. The number of alkyl halides is 2. The van der Waals surface area contributed by atoms with Gasteiger partial charge in [-0.25, -0.2) is 4.39 Å². The zero-order valence-corrected chi connectivity index (χ0v) is 20.2. The molecule has 1 aliphatic rings. The molecule has 0 radical (unpaired) electrons. The SMILES string of the molecule is CCCCOc1ccc(CCC(F)(F)Oc2ccc(C3CCC(CCC)CC3)cc2)c(F)c1F. The summed E-state index contributed by atoms with van der Waals surface area (Å²) in [6, 6.07) is 9.45. The van der Waals surface area contributed by atoms with E-state index >= 15 is 0 Å². The molecule has 0 unspecified atom stereocenters. The molecule has 2 aromatic carbocycles. The van der Waals surface area contributed by atoms with Crippen LogP contribution < -0.4 is 9.47 Å². The molecule has 0 aromatic heterocycles. The van der Waals surface area contributed by atoms with E-state index in [-0.39, 0.29) is 30.1 Å². The molecule has 0 spiro atoms. The predicted octanol–water partition coefficient (Wildman–Crippen LogP) is 8.82. The normalized spacial score (nSPS) is 18.6. The first-order chi connectivity index (χ1) is 16.3. The molecule has 0 N–H and O–H groups in total. The summed E-state index contributed by atoms with van der Waals surface area (Å²) >= 11 is 0. The molecule has 1 fully saturated rings. The molecule has 0 atom stereocenters. The fourth-order valence-corrected chi connectivity index (χ4v) is 4.71. The van der Waals surface area contributed by atoms with Crippen molar-refractivity contribution < 1.29 is 27.0 Å². The summed E-state index contributed by atoms with van der Waals surface area (Å²) in [5.74, 6) is -1.14. The number of hydrogen-bond donors (Lipinski definition) is 0. The Balaban J connectivity index is 1.53. The first-order valence-corrected chi connectivity index (χ1v) is 12.6. The Labute approximate surface area is 200 Å². The van der Waals surface area contributed by atoms with E-state index in [4.69, 9.17) is 9.47 Å². The molecule has 0 amide bonds. The lowest BCUT2D eigenvalue weighted by Crippen LogP contribution is -2.25.